The van der Waals surface area contributed by atoms with E-state index in [9.17, 15) is 4.79 Å². The van der Waals surface area contributed by atoms with Crippen LogP contribution in [0.5, 0.6) is 0 Å². The van der Waals surface area contributed by atoms with E-state index in [0.717, 1.165) is 0 Å². The van der Waals surface area contributed by atoms with Gasteiger partial charge in [-0.2, -0.15) is 5.26 Å². The Balaban J connectivity index is 2.39. The standard InChI is InChI=1S/C14H8NO/c15-10-11-5-4-8-13(9-11)14(16)12-6-2-1-3-7-12/h1-6,8-9H. The van der Waals surface area contributed by atoms with E-state index in [-0.39, 0.29) is 5.78 Å². The van der Waals surface area contributed by atoms with Crippen LogP contribution in [0.25, 0.3) is 0 Å². The zero-order valence-corrected chi connectivity index (χ0v) is 8.47. The van der Waals surface area contributed by atoms with Crippen molar-refractivity contribution < 1.29 is 4.79 Å². The summed E-state index contributed by atoms with van der Waals surface area (Å²) in [5, 5.41) is 8.75. The van der Waals surface area contributed by atoms with Crippen LogP contribution in [0.1, 0.15) is 21.5 Å². The van der Waals surface area contributed by atoms with Gasteiger partial charge in [0.25, 0.3) is 0 Å². The van der Waals surface area contributed by atoms with Crippen molar-refractivity contribution >= 4 is 5.78 Å². The molecule has 2 aromatic carbocycles. The minimum absolute atomic E-state index is 0.113. The molecule has 0 atom stereocenters. The molecule has 2 heteroatoms. The van der Waals surface area contributed by atoms with Gasteiger partial charge in [0, 0.05) is 11.1 Å². The topological polar surface area (TPSA) is 40.9 Å². The van der Waals surface area contributed by atoms with Crippen molar-refractivity contribution in [3.63, 3.8) is 0 Å². The number of carbonyl (C=O) groups is 1. The van der Waals surface area contributed by atoms with E-state index >= 15 is 0 Å². The smallest absolute Gasteiger partial charge is 0.193 e. The summed E-state index contributed by atoms with van der Waals surface area (Å²) in [4.78, 5) is 12.0. The summed E-state index contributed by atoms with van der Waals surface area (Å²) < 4.78 is 0. The van der Waals surface area contributed by atoms with Gasteiger partial charge in [0.2, 0.25) is 0 Å². The highest BCUT2D eigenvalue weighted by Crippen LogP contribution is 2.10. The number of nitriles is 1. The molecule has 0 saturated heterocycles. The van der Waals surface area contributed by atoms with Gasteiger partial charge in [-0.3, -0.25) is 4.79 Å². The Bertz CT molecular complexity index is 552. The van der Waals surface area contributed by atoms with Crippen LogP contribution >= 0.6 is 0 Å². The third-order valence-electron chi connectivity index (χ3n) is 2.21. The summed E-state index contributed by atoms with van der Waals surface area (Å²) in [6.07, 6.45) is 0. The van der Waals surface area contributed by atoms with Gasteiger partial charge in [-0.25, -0.2) is 0 Å². The third kappa shape index (κ3) is 1.99. The van der Waals surface area contributed by atoms with E-state index in [4.69, 9.17) is 5.26 Å². The van der Waals surface area contributed by atoms with E-state index in [2.05, 4.69) is 6.07 Å². The van der Waals surface area contributed by atoms with Crippen LogP contribution in [0.15, 0.2) is 48.5 Å². The summed E-state index contributed by atoms with van der Waals surface area (Å²) in [5.74, 6) is -0.113. The van der Waals surface area contributed by atoms with Crippen molar-refractivity contribution in [2.24, 2.45) is 0 Å². The first-order chi connectivity index (χ1) is 7.81. The lowest BCUT2D eigenvalue weighted by atomic mass is 10.0. The lowest BCUT2D eigenvalue weighted by Gasteiger charge is -2.00. The van der Waals surface area contributed by atoms with Crippen LogP contribution in [-0.2, 0) is 0 Å². The monoisotopic (exact) mass is 206 g/mol. The fourth-order valence-electron chi connectivity index (χ4n) is 1.42. The minimum atomic E-state index is -0.113. The molecule has 0 bridgehead atoms. The molecular weight excluding hydrogens is 198 g/mol. The highest BCUT2D eigenvalue weighted by Gasteiger charge is 2.08. The van der Waals surface area contributed by atoms with Crippen LogP contribution in [0.2, 0.25) is 0 Å². The van der Waals surface area contributed by atoms with Crippen molar-refractivity contribution in [2.75, 3.05) is 0 Å². The summed E-state index contributed by atoms with van der Waals surface area (Å²) >= 11 is 0. The Kier molecular flexibility index (Phi) is 2.79. The van der Waals surface area contributed by atoms with Gasteiger partial charge in [0.1, 0.15) is 0 Å². The predicted octanol–water partition coefficient (Wildman–Crippen LogP) is 2.59. The molecule has 2 aromatic rings. The normalized spacial score (nSPS) is 9.44. The summed E-state index contributed by atoms with van der Waals surface area (Å²) in [5.41, 5.74) is 1.51. The van der Waals surface area contributed by atoms with E-state index in [1.165, 1.54) is 0 Å². The van der Waals surface area contributed by atoms with Crippen LogP contribution in [-0.4, -0.2) is 5.78 Å². The Morgan fingerprint density at radius 2 is 2.06 bits per heavy atom. The van der Waals surface area contributed by atoms with Gasteiger partial charge < -0.3 is 0 Å². The Labute approximate surface area is 93.8 Å². The van der Waals surface area contributed by atoms with Crippen LogP contribution < -0.4 is 0 Å². The maximum atomic E-state index is 12.0. The van der Waals surface area contributed by atoms with Crippen molar-refractivity contribution in [1.29, 1.82) is 5.26 Å². The predicted molar refractivity (Wildman–Crippen MR) is 59.9 cm³/mol. The van der Waals surface area contributed by atoms with Crippen molar-refractivity contribution in [3.8, 4) is 6.07 Å². The number of hydrogen-bond acceptors (Lipinski definition) is 2. The van der Waals surface area contributed by atoms with Gasteiger partial charge in [-0.05, 0) is 18.2 Å². The van der Waals surface area contributed by atoms with Gasteiger partial charge in [-0.1, -0.05) is 36.4 Å². The average Bonchev–Trinajstić information content (AvgIpc) is 2.39. The molecule has 0 aromatic heterocycles. The zero-order valence-electron chi connectivity index (χ0n) is 8.47. The molecule has 0 aliphatic carbocycles. The molecule has 2 nitrogen and oxygen atoms in total. The number of nitrogens with zero attached hydrogens (tertiary/aromatic N) is 1. The first-order valence-electron chi connectivity index (χ1n) is 4.83. The second-order valence-corrected chi connectivity index (χ2v) is 3.30. The number of benzene rings is 2. The summed E-state index contributed by atoms with van der Waals surface area (Å²) in [7, 11) is 0. The molecule has 1 radical (unpaired) electrons. The van der Waals surface area contributed by atoms with Gasteiger partial charge in [-0.15, -0.1) is 0 Å². The molecule has 0 spiro atoms. The molecule has 0 amide bonds. The largest absolute Gasteiger partial charge is 0.289 e. The molecule has 16 heavy (non-hydrogen) atoms. The van der Waals surface area contributed by atoms with Gasteiger partial charge in [0.15, 0.2) is 5.78 Å². The maximum absolute atomic E-state index is 12.0. The van der Waals surface area contributed by atoms with Gasteiger partial charge in [0.05, 0.1) is 11.6 Å². The fourth-order valence-corrected chi connectivity index (χ4v) is 1.42. The van der Waals surface area contributed by atoms with E-state index < -0.39 is 0 Å². The first kappa shape index (κ1) is 10.1. The van der Waals surface area contributed by atoms with Crippen molar-refractivity contribution in [2.45, 2.75) is 0 Å². The number of ketones is 1. The molecular formula is C14H8NO. The second kappa shape index (κ2) is 4.41. The average molecular weight is 206 g/mol. The number of rotatable bonds is 2. The summed E-state index contributed by atoms with van der Waals surface area (Å²) in [6.45, 7) is 0. The van der Waals surface area contributed by atoms with Gasteiger partial charge >= 0.3 is 0 Å². The molecule has 2 rings (SSSR count). The van der Waals surface area contributed by atoms with E-state index in [0.29, 0.717) is 16.7 Å². The third-order valence-corrected chi connectivity index (χ3v) is 2.21. The molecule has 0 N–H and O–H groups in total. The molecule has 0 heterocycles. The lowest BCUT2D eigenvalue weighted by molar-refractivity contribution is 0.103. The van der Waals surface area contributed by atoms with Crippen molar-refractivity contribution in [3.05, 3.63) is 71.3 Å². The fraction of sp³-hybridized carbons (Fsp3) is 0. The SMILES string of the molecule is N#Cc1cccc(C(=O)c2[c]cccc2)c1. The van der Waals surface area contributed by atoms with E-state index in [1.807, 2.05) is 12.1 Å². The molecule has 0 unspecified atom stereocenters. The maximum Gasteiger partial charge on any atom is 0.193 e. The Morgan fingerprint density at radius 1 is 1.19 bits per heavy atom. The second-order valence-electron chi connectivity index (χ2n) is 3.30. The van der Waals surface area contributed by atoms with E-state index in [1.54, 1.807) is 42.5 Å². The van der Waals surface area contributed by atoms with Crippen LogP contribution in [0.4, 0.5) is 0 Å². The zero-order chi connectivity index (χ0) is 11.4. The van der Waals surface area contributed by atoms with Crippen molar-refractivity contribution in [1.82, 2.24) is 0 Å². The highest BCUT2D eigenvalue weighted by molar-refractivity contribution is 6.08. The molecule has 0 fully saturated rings. The molecule has 0 aliphatic rings. The first-order valence-corrected chi connectivity index (χ1v) is 4.83. The number of hydrogen-bond donors (Lipinski definition) is 0. The lowest BCUT2D eigenvalue weighted by Crippen LogP contribution is -2.01. The summed E-state index contributed by atoms with van der Waals surface area (Å²) in [6, 6.07) is 18.5. The van der Waals surface area contributed by atoms with Crippen LogP contribution in [0.3, 0.4) is 0 Å². The molecule has 75 valence electrons. The minimum Gasteiger partial charge on any atom is -0.289 e. The van der Waals surface area contributed by atoms with Crippen LogP contribution in [0, 0.1) is 17.4 Å². The molecule has 0 saturated carbocycles. The number of carbonyl (C=O) groups excluding carboxylic acids is 1. The highest BCUT2D eigenvalue weighted by atomic mass is 16.1. The Morgan fingerprint density at radius 3 is 2.75 bits per heavy atom. The Hall–Kier alpha value is -2.40. The molecule has 0 aliphatic heterocycles. The quantitative estimate of drug-likeness (QED) is 0.708.